The van der Waals surface area contributed by atoms with Gasteiger partial charge in [0.1, 0.15) is 0 Å². The van der Waals surface area contributed by atoms with E-state index in [-0.39, 0.29) is 0 Å². The predicted octanol–water partition coefficient (Wildman–Crippen LogP) is 7.65. The summed E-state index contributed by atoms with van der Waals surface area (Å²) >= 11 is 6.59. The van der Waals surface area contributed by atoms with E-state index >= 15 is 0 Å². The van der Waals surface area contributed by atoms with Crippen LogP contribution in [-0.2, 0) is 6.54 Å². The molecular formula is C31H40ClN3O2. The molecule has 0 unspecified atom stereocenters. The van der Waals surface area contributed by atoms with Crippen molar-refractivity contribution in [3.63, 3.8) is 0 Å². The van der Waals surface area contributed by atoms with Crippen molar-refractivity contribution in [2.24, 2.45) is 0 Å². The van der Waals surface area contributed by atoms with Crippen LogP contribution >= 0.6 is 11.6 Å². The molecule has 0 radical (unpaired) electrons. The third kappa shape index (κ3) is 5.13. The number of anilines is 1. The average Bonchev–Trinajstić information content (AvgIpc) is 3.13. The van der Waals surface area contributed by atoms with Crippen LogP contribution in [0.1, 0.15) is 81.1 Å². The number of hydrogen-bond acceptors (Lipinski definition) is 3. The zero-order chi connectivity index (χ0) is 26.1. The van der Waals surface area contributed by atoms with Crippen molar-refractivity contribution < 1.29 is 9.90 Å². The molecule has 0 spiro atoms. The molecular weight excluding hydrogens is 482 g/mol. The SMILES string of the molecule is CCN(CCCN1CCn2c(c(C3CCCCC3)c3ccc(C(=O)O)cc32)-c2ccc(Cl)cc21)C(C)C. The molecule has 1 saturated carbocycles. The number of aromatic nitrogens is 1. The molecule has 0 amide bonds. The van der Waals surface area contributed by atoms with Crippen LogP contribution in [-0.4, -0.2) is 52.8 Å². The fourth-order valence-electron chi connectivity index (χ4n) is 6.62. The molecule has 0 atom stereocenters. The largest absolute Gasteiger partial charge is 0.478 e. The molecule has 198 valence electrons. The Kier molecular flexibility index (Phi) is 7.83. The second kappa shape index (κ2) is 11.1. The summed E-state index contributed by atoms with van der Waals surface area (Å²) in [6, 6.07) is 12.6. The monoisotopic (exact) mass is 521 g/mol. The summed E-state index contributed by atoms with van der Waals surface area (Å²) in [6.07, 6.45) is 7.30. The van der Waals surface area contributed by atoms with E-state index in [4.69, 9.17) is 11.6 Å². The van der Waals surface area contributed by atoms with Gasteiger partial charge < -0.3 is 19.5 Å². The van der Waals surface area contributed by atoms with Crippen LogP contribution in [0.2, 0.25) is 5.02 Å². The number of halogens is 1. The minimum absolute atomic E-state index is 0.355. The van der Waals surface area contributed by atoms with Gasteiger partial charge in [-0.1, -0.05) is 43.9 Å². The molecule has 5 rings (SSSR count). The topological polar surface area (TPSA) is 48.7 Å². The normalized spacial score (nSPS) is 16.3. The van der Waals surface area contributed by atoms with Gasteiger partial charge in [0.05, 0.1) is 11.3 Å². The fraction of sp³-hybridized carbons (Fsp3) is 0.516. The summed E-state index contributed by atoms with van der Waals surface area (Å²) in [6.45, 7) is 11.6. The Bertz CT molecular complexity index is 1280. The van der Waals surface area contributed by atoms with Gasteiger partial charge in [-0.15, -0.1) is 0 Å². The van der Waals surface area contributed by atoms with Gasteiger partial charge in [-0.25, -0.2) is 4.79 Å². The Hall–Kier alpha value is -2.50. The van der Waals surface area contributed by atoms with Gasteiger partial charge in [0.2, 0.25) is 0 Å². The maximum Gasteiger partial charge on any atom is 0.335 e. The molecule has 1 fully saturated rings. The molecule has 2 aliphatic rings. The van der Waals surface area contributed by atoms with Gasteiger partial charge >= 0.3 is 5.97 Å². The van der Waals surface area contributed by atoms with Crippen LogP contribution in [0.5, 0.6) is 0 Å². The van der Waals surface area contributed by atoms with E-state index in [1.807, 2.05) is 12.1 Å². The Morgan fingerprint density at radius 1 is 1.11 bits per heavy atom. The summed E-state index contributed by atoms with van der Waals surface area (Å²) in [5.41, 5.74) is 6.53. The number of aromatic carboxylic acids is 1. The number of carbonyl (C=O) groups is 1. The van der Waals surface area contributed by atoms with E-state index in [1.54, 1.807) is 6.07 Å². The highest BCUT2D eigenvalue weighted by atomic mass is 35.5. The van der Waals surface area contributed by atoms with E-state index in [1.165, 1.54) is 60.0 Å². The van der Waals surface area contributed by atoms with Crippen LogP contribution in [0.4, 0.5) is 5.69 Å². The van der Waals surface area contributed by atoms with E-state index < -0.39 is 5.97 Å². The Balaban J connectivity index is 1.61. The smallest absolute Gasteiger partial charge is 0.335 e. The van der Waals surface area contributed by atoms with Crippen LogP contribution in [0.3, 0.4) is 0 Å². The molecule has 37 heavy (non-hydrogen) atoms. The summed E-state index contributed by atoms with van der Waals surface area (Å²) < 4.78 is 2.41. The van der Waals surface area contributed by atoms with Crippen molar-refractivity contribution in [2.45, 2.75) is 77.8 Å². The molecule has 1 aliphatic heterocycles. The molecule has 5 nitrogen and oxygen atoms in total. The zero-order valence-corrected chi connectivity index (χ0v) is 23.2. The second-order valence-corrected chi connectivity index (χ2v) is 11.4. The van der Waals surface area contributed by atoms with Gasteiger partial charge in [-0.3, -0.25) is 0 Å². The Morgan fingerprint density at radius 2 is 1.89 bits per heavy atom. The van der Waals surface area contributed by atoms with Gasteiger partial charge in [0.25, 0.3) is 0 Å². The summed E-state index contributed by atoms with van der Waals surface area (Å²) in [5, 5.41) is 11.7. The minimum atomic E-state index is -0.871. The van der Waals surface area contributed by atoms with Gasteiger partial charge in [0, 0.05) is 59.4 Å². The predicted molar refractivity (Wildman–Crippen MR) is 154 cm³/mol. The average molecular weight is 522 g/mol. The van der Waals surface area contributed by atoms with E-state index in [9.17, 15) is 9.90 Å². The summed E-state index contributed by atoms with van der Waals surface area (Å²) in [7, 11) is 0. The number of hydrogen-bond donors (Lipinski definition) is 1. The molecule has 2 aromatic carbocycles. The lowest BCUT2D eigenvalue weighted by Gasteiger charge is -2.29. The molecule has 1 aliphatic carbocycles. The highest BCUT2D eigenvalue weighted by Crippen LogP contribution is 2.47. The highest BCUT2D eigenvalue weighted by molar-refractivity contribution is 6.31. The van der Waals surface area contributed by atoms with Crippen molar-refractivity contribution in [2.75, 3.05) is 31.1 Å². The van der Waals surface area contributed by atoms with Crippen LogP contribution in [0.25, 0.3) is 22.2 Å². The van der Waals surface area contributed by atoms with E-state index in [0.29, 0.717) is 17.5 Å². The number of carboxylic acid groups (broad SMARTS) is 1. The van der Waals surface area contributed by atoms with Crippen LogP contribution in [0.15, 0.2) is 36.4 Å². The quantitative estimate of drug-likeness (QED) is 0.330. The maximum absolute atomic E-state index is 11.9. The fourth-order valence-corrected chi connectivity index (χ4v) is 6.79. The van der Waals surface area contributed by atoms with Crippen LogP contribution in [0, 0.1) is 0 Å². The van der Waals surface area contributed by atoms with Gasteiger partial charge in [-0.05, 0) is 81.5 Å². The van der Waals surface area contributed by atoms with Crippen molar-refractivity contribution in [1.82, 2.24) is 9.47 Å². The lowest BCUT2D eigenvalue weighted by molar-refractivity contribution is 0.0697. The second-order valence-electron chi connectivity index (χ2n) is 11.0. The third-order valence-electron chi connectivity index (χ3n) is 8.52. The molecule has 2 heterocycles. The molecule has 1 aromatic heterocycles. The molecule has 3 aromatic rings. The Morgan fingerprint density at radius 3 is 2.59 bits per heavy atom. The van der Waals surface area contributed by atoms with Crippen molar-refractivity contribution in [3.05, 3.63) is 52.5 Å². The van der Waals surface area contributed by atoms with E-state index in [2.05, 4.69) is 53.3 Å². The number of benzene rings is 2. The number of rotatable bonds is 8. The third-order valence-corrected chi connectivity index (χ3v) is 8.76. The van der Waals surface area contributed by atoms with Crippen LogP contribution < -0.4 is 4.90 Å². The first-order valence-electron chi connectivity index (χ1n) is 14.1. The molecule has 1 N–H and O–H groups in total. The lowest BCUT2D eigenvalue weighted by Crippen LogP contribution is -2.35. The first kappa shape index (κ1) is 26.1. The van der Waals surface area contributed by atoms with Gasteiger partial charge in [0.15, 0.2) is 0 Å². The van der Waals surface area contributed by atoms with Gasteiger partial charge in [-0.2, -0.15) is 0 Å². The minimum Gasteiger partial charge on any atom is -0.478 e. The first-order chi connectivity index (χ1) is 17.9. The van der Waals surface area contributed by atoms with Crippen molar-refractivity contribution >= 4 is 34.2 Å². The molecule has 6 heteroatoms. The summed E-state index contributed by atoms with van der Waals surface area (Å²) in [5.74, 6) is -0.368. The number of carboxylic acids is 1. The van der Waals surface area contributed by atoms with E-state index in [0.717, 1.165) is 49.7 Å². The molecule has 0 saturated heterocycles. The highest BCUT2D eigenvalue weighted by Gasteiger charge is 2.30. The van der Waals surface area contributed by atoms with Crippen molar-refractivity contribution in [3.8, 4) is 11.3 Å². The first-order valence-corrected chi connectivity index (χ1v) is 14.4. The number of fused-ring (bicyclic) bond motifs is 5. The standard InChI is InChI=1S/C31H40ClN3O2/c1-4-33(21(2)3)15-8-16-34-17-18-35-28-19-23(31(36)37)11-13-25(28)29(22-9-6-5-7-10-22)30(35)26-14-12-24(32)20-27(26)34/h11-14,19-22H,4-10,15-18H2,1-3H3,(H,36,37). The summed E-state index contributed by atoms with van der Waals surface area (Å²) in [4.78, 5) is 16.9. The maximum atomic E-state index is 11.9. The van der Waals surface area contributed by atoms with Crippen molar-refractivity contribution in [1.29, 1.82) is 0 Å². The number of nitrogens with zero attached hydrogens (tertiary/aromatic N) is 3. The lowest BCUT2D eigenvalue weighted by atomic mass is 9.81. The zero-order valence-electron chi connectivity index (χ0n) is 22.5. The molecule has 0 bridgehead atoms. The Labute approximate surface area is 226 Å².